The first kappa shape index (κ1) is 12.3. The van der Waals surface area contributed by atoms with Crippen molar-refractivity contribution in [3.8, 4) is 0 Å². The molecule has 6 nitrogen and oxygen atoms in total. The van der Waals surface area contributed by atoms with E-state index in [-0.39, 0.29) is 16.3 Å². The van der Waals surface area contributed by atoms with Crippen molar-refractivity contribution >= 4 is 21.4 Å². The van der Waals surface area contributed by atoms with Crippen LogP contribution in [0.2, 0.25) is 0 Å². The fourth-order valence-corrected chi connectivity index (χ4v) is 2.62. The summed E-state index contributed by atoms with van der Waals surface area (Å²) in [5.41, 5.74) is 7.11. The summed E-state index contributed by atoms with van der Waals surface area (Å²) in [5.74, 6) is 0. The summed E-state index contributed by atoms with van der Waals surface area (Å²) in [6.07, 6.45) is 4.06. The van der Waals surface area contributed by atoms with Crippen LogP contribution in [0.25, 0.3) is 0 Å². The lowest BCUT2D eigenvalue weighted by molar-refractivity contribution is 0.601. The van der Waals surface area contributed by atoms with Crippen molar-refractivity contribution in [2.45, 2.75) is 11.8 Å². The van der Waals surface area contributed by atoms with Gasteiger partial charge in [0.15, 0.2) is 0 Å². The third-order valence-corrected chi connectivity index (χ3v) is 3.72. The Morgan fingerprint density at radius 1 is 1.22 bits per heavy atom. The highest BCUT2D eigenvalue weighted by atomic mass is 32.2. The van der Waals surface area contributed by atoms with Gasteiger partial charge >= 0.3 is 0 Å². The molecule has 0 aliphatic rings. The minimum absolute atomic E-state index is 0.0388. The molecule has 0 spiro atoms. The molecule has 0 unspecified atom stereocenters. The zero-order valence-electron chi connectivity index (χ0n) is 9.66. The first-order chi connectivity index (χ1) is 8.49. The van der Waals surface area contributed by atoms with Gasteiger partial charge in [0.1, 0.15) is 11.2 Å². The first-order valence-corrected chi connectivity index (χ1v) is 6.61. The van der Waals surface area contributed by atoms with E-state index in [2.05, 4.69) is 14.7 Å². The minimum Gasteiger partial charge on any atom is -0.398 e. The molecule has 2 rings (SSSR count). The van der Waals surface area contributed by atoms with Crippen LogP contribution in [0.4, 0.5) is 11.4 Å². The standard InChI is InChI=1S/C11H12N4O2S/c1-8-2-3-11(10(12)4-8)18(16,17)15-9-5-13-7-14-6-9/h2-7,15H,12H2,1H3. The molecule has 18 heavy (non-hydrogen) atoms. The largest absolute Gasteiger partial charge is 0.398 e. The molecule has 1 aromatic heterocycles. The van der Waals surface area contributed by atoms with Crippen LogP contribution < -0.4 is 10.5 Å². The molecule has 2 aromatic rings. The summed E-state index contributed by atoms with van der Waals surface area (Å²) in [5, 5.41) is 0. The Bertz CT molecular complexity index is 656. The van der Waals surface area contributed by atoms with E-state index in [0.717, 1.165) is 5.56 Å². The average molecular weight is 264 g/mol. The number of aryl methyl sites for hydroxylation is 1. The monoisotopic (exact) mass is 264 g/mol. The van der Waals surface area contributed by atoms with E-state index >= 15 is 0 Å². The molecule has 0 radical (unpaired) electrons. The number of nitrogens with two attached hydrogens (primary N) is 1. The predicted octanol–water partition coefficient (Wildman–Crippen LogP) is 1.17. The molecule has 0 aliphatic heterocycles. The number of hydrogen-bond donors (Lipinski definition) is 2. The lowest BCUT2D eigenvalue weighted by Gasteiger charge is -2.09. The van der Waals surface area contributed by atoms with Crippen LogP contribution >= 0.6 is 0 Å². The quantitative estimate of drug-likeness (QED) is 0.811. The van der Waals surface area contributed by atoms with Crippen molar-refractivity contribution in [2.24, 2.45) is 0 Å². The molecule has 0 fully saturated rings. The molecule has 0 aliphatic carbocycles. The van der Waals surface area contributed by atoms with Crippen molar-refractivity contribution in [3.05, 3.63) is 42.5 Å². The third kappa shape index (κ3) is 2.57. The van der Waals surface area contributed by atoms with Gasteiger partial charge in [-0.2, -0.15) is 0 Å². The van der Waals surface area contributed by atoms with Gasteiger partial charge in [-0.05, 0) is 24.6 Å². The van der Waals surface area contributed by atoms with Gasteiger partial charge in [-0.15, -0.1) is 0 Å². The normalized spacial score (nSPS) is 11.2. The van der Waals surface area contributed by atoms with Gasteiger partial charge in [0.05, 0.1) is 23.8 Å². The summed E-state index contributed by atoms with van der Waals surface area (Å²) < 4.78 is 26.5. The number of sulfonamides is 1. The van der Waals surface area contributed by atoms with Gasteiger partial charge in [-0.25, -0.2) is 18.4 Å². The van der Waals surface area contributed by atoms with E-state index in [4.69, 9.17) is 5.73 Å². The van der Waals surface area contributed by atoms with E-state index in [1.54, 1.807) is 12.1 Å². The van der Waals surface area contributed by atoms with Crippen LogP contribution in [0.5, 0.6) is 0 Å². The zero-order valence-corrected chi connectivity index (χ0v) is 10.5. The molecule has 3 N–H and O–H groups in total. The topological polar surface area (TPSA) is 98.0 Å². The molecular weight excluding hydrogens is 252 g/mol. The maximum absolute atomic E-state index is 12.1. The molecule has 0 amide bonds. The third-order valence-electron chi connectivity index (χ3n) is 2.27. The number of benzene rings is 1. The van der Waals surface area contributed by atoms with Crippen LogP contribution in [-0.2, 0) is 10.0 Å². The molecule has 0 bridgehead atoms. The van der Waals surface area contributed by atoms with E-state index in [1.165, 1.54) is 24.8 Å². The Hall–Kier alpha value is -2.15. The Balaban J connectivity index is 2.37. The maximum atomic E-state index is 12.1. The van der Waals surface area contributed by atoms with Gasteiger partial charge in [0.25, 0.3) is 10.0 Å². The Morgan fingerprint density at radius 3 is 2.50 bits per heavy atom. The van der Waals surface area contributed by atoms with Gasteiger partial charge in [-0.3, -0.25) is 4.72 Å². The Morgan fingerprint density at radius 2 is 1.89 bits per heavy atom. The number of anilines is 2. The lowest BCUT2D eigenvalue weighted by atomic mass is 10.2. The van der Waals surface area contributed by atoms with Crippen molar-refractivity contribution < 1.29 is 8.42 Å². The summed E-state index contributed by atoms with van der Waals surface area (Å²) >= 11 is 0. The van der Waals surface area contributed by atoms with E-state index in [0.29, 0.717) is 0 Å². The number of hydrogen-bond acceptors (Lipinski definition) is 5. The van der Waals surface area contributed by atoms with E-state index < -0.39 is 10.0 Å². The lowest BCUT2D eigenvalue weighted by Crippen LogP contribution is -2.15. The molecule has 7 heteroatoms. The summed E-state index contributed by atoms with van der Waals surface area (Å²) in [6, 6.07) is 4.76. The van der Waals surface area contributed by atoms with Crippen molar-refractivity contribution in [1.29, 1.82) is 0 Å². The average Bonchev–Trinajstić information content (AvgIpc) is 2.29. The van der Waals surface area contributed by atoms with Crippen LogP contribution in [0.1, 0.15) is 5.56 Å². The van der Waals surface area contributed by atoms with Crippen LogP contribution in [0.15, 0.2) is 41.8 Å². The smallest absolute Gasteiger partial charge is 0.264 e. The van der Waals surface area contributed by atoms with Crippen LogP contribution in [0, 0.1) is 6.92 Å². The summed E-state index contributed by atoms with van der Waals surface area (Å²) in [7, 11) is -3.72. The van der Waals surface area contributed by atoms with Gasteiger partial charge in [0.2, 0.25) is 0 Å². The number of nitrogen functional groups attached to an aromatic ring is 1. The fraction of sp³-hybridized carbons (Fsp3) is 0.0909. The number of nitrogens with zero attached hydrogens (tertiary/aromatic N) is 2. The van der Waals surface area contributed by atoms with Crippen molar-refractivity contribution in [3.63, 3.8) is 0 Å². The Kier molecular flexibility index (Phi) is 3.15. The van der Waals surface area contributed by atoms with Gasteiger partial charge in [0, 0.05) is 0 Å². The van der Waals surface area contributed by atoms with Crippen molar-refractivity contribution in [2.75, 3.05) is 10.5 Å². The first-order valence-electron chi connectivity index (χ1n) is 5.13. The van der Waals surface area contributed by atoms with Gasteiger partial charge < -0.3 is 5.73 Å². The summed E-state index contributed by atoms with van der Waals surface area (Å²) in [4.78, 5) is 7.50. The van der Waals surface area contributed by atoms with E-state index in [9.17, 15) is 8.42 Å². The van der Waals surface area contributed by atoms with E-state index in [1.807, 2.05) is 6.92 Å². The minimum atomic E-state index is -3.72. The highest BCUT2D eigenvalue weighted by molar-refractivity contribution is 7.92. The number of nitrogens with one attached hydrogen (secondary N) is 1. The molecule has 0 saturated carbocycles. The molecule has 94 valence electrons. The predicted molar refractivity (Wildman–Crippen MR) is 68.4 cm³/mol. The molecule has 0 atom stereocenters. The molecule has 0 saturated heterocycles. The maximum Gasteiger partial charge on any atom is 0.264 e. The number of aromatic nitrogens is 2. The second kappa shape index (κ2) is 4.61. The zero-order chi connectivity index (χ0) is 13.2. The molecule has 1 heterocycles. The van der Waals surface area contributed by atoms with Crippen LogP contribution in [-0.4, -0.2) is 18.4 Å². The summed E-state index contributed by atoms with van der Waals surface area (Å²) in [6.45, 7) is 1.84. The fourth-order valence-electron chi connectivity index (χ4n) is 1.47. The number of rotatable bonds is 3. The van der Waals surface area contributed by atoms with Crippen LogP contribution in [0.3, 0.4) is 0 Å². The highest BCUT2D eigenvalue weighted by Crippen LogP contribution is 2.21. The molecular formula is C11H12N4O2S. The second-order valence-electron chi connectivity index (χ2n) is 3.77. The Labute approximate surface area is 105 Å². The second-order valence-corrected chi connectivity index (χ2v) is 5.42. The SMILES string of the molecule is Cc1ccc(S(=O)(=O)Nc2cncnc2)c(N)c1. The van der Waals surface area contributed by atoms with Gasteiger partial charge in [-0.1, -0.05) is 6.07 Å². The van der Waals surface area contributed by atoms with Crippen molar-refractivity contribution in [1.82, 2.24) is 9.97 Å². The highest BCUT2D eigenvalue weighted by Gasteiger charge is 2.17. The molecule has 1 aromatic carbocycles.